The van der Waals surface area contributed by atoms with Gasteiger partial charge in [0, 0.05) is 12.2 Å². The second-order valence-corrected chi connectivity index (χ2v) is 8.08. The van der Waals surface area contributed by atoms with E-state index in [1.165, 1.54) is 0 Å². The van der Waals surface area contributed by atoms with Crippen LogP contribution in [0.1, 0.15) is 61.8 Å². The first-order chi connectivity index (χ1) is 9.84. The van der Waals surface area contributed by atoms with E-state index < -0.39 is 12.7 Å². The number of rotatable bonds is 1. The highest BCUT2D eigenvalue weighted by molar-refractivity contribution is 6.55. The largest absolute Gasteiger partial charge is 0.492 e. The normalized spacial score (nSPS) is 24.2. The van der Waals surface area contributed by atoms with Crippen LogP contribution < -0.4 is 0 Å². The zero-order valence-corrected chi connectivity index (χ0v) is 15.1. The molecule has 6 heteroatoms. The molecule has 0 aliphatic carbocycles. The van der Waals surface area contributed by atoms with Crippen molar-refractivity contribution in [2.75, 3.05) is 6.54 Å². The quantitative estimate of drug-likeness (QED) is 0.695. The molecule has 0 spiro atoms. The number of carbonyl (C=O) groups excluding carboxylic acids is 1. The first-order valence-corrected chi connectivity index (χ1v) is 7.90. The van der Waals surface area contributed by atoms with Crippen molar-refractivity contribution >= 4 is 13.2 Å². The third-order valence-corrected chi connectivity index (χ3v) is 4.63. The molecular formula is C16H28BNO4. The van der Waals surface area contributed by atoms with Crippen LogP contribution in [0.3, 0.4) is 0 Å². The summed E-state index contributed by atoms with van der Waals surface area (Å²) in [6, 6.07) is 0. The van der Waals surface area contributed by atoms with E-state index >= 15 is 0 Å². The molecule has 2 rings (SSSR count). The van der Waals surface area contributed by atoms with Crippen molar-refractivity contribution < 1.29 is 18.8 Å². The molecule has 1 amide bonds. The number of allylic oxidation sites excluding steroid dienone is 1. The summed E-state index contributed by atoms with van der Waals surface area (Å²) in [5, 5.41) is 0. The summed E-state index contributed by atoms with van der Waals surface area (Å²) in [6.07, 6.45) is 0.443. The van der Waals surface area contributed by atoms with Crippen LogP contribution in [0, 0.1) is 0 Å². The van der Waals surface area contributed by atoms with E-state index in [1.54, 1.807) is 4.90 Å². The molecule has 0 unspecified atom stereocenters. The number of amides is 1. The van der Waals surface area contributed by atoms with E-state index in [-0.39, 0.29) is 17.3 Å². The Morgan fingerprint density at radius 3 is 2.14 bits per heavy atom. The summed E-state index contributed by atoms with van der Waals surface area (Å²) in [5.74, 6) is 0. The lowest BCUT2D eigenvalue weighted by Gasteiger charge is -2.32. The van der Waals surface area contributed by atoms with Crippen LogP contribution in [0.25, 0.3) is 0 Å². The highest BCUT2D eigenvalue weighted by Gasteiger charge is 2.53. The summed E-state index contributed by atoms with van der Waals surface area (Å²) in [5.41, 5.74) is 0.677. The SMILES string of the molecule is CC1=C(B2OC(C)(C)C(C)(C)O2)CCN1C(=O)OC(C)(C)C. The van der Waals surface area contributed by atoms with E-state index in [2.05, 4.69) is 0 Å². The monoisotopic (exact) mass is 309 g/mol. The van der Waals surface area contributed by atoms with Gasteiger partial charge in [-0.1, -0.05) is 0 Å². The lowest BCUT2D eigenvalue weighted by atomic mass is 9.76. The van der Waals surface area contributed by atoms with E-state index in [9.17, 15) is 4.79 Å². The van der Waals surface area contributed by atoms with E-state index in [4.69, 9.17) is 14.0 Å². The molecule has 0 atom stereocenters. The van der Waals surface area contributed by atoms with E-state index in [0.29, 0.717) is 6.54 Å². The second-order valence-electron chi connectivity index (χ2n) is 8.08. The van der Waals surface area contributed by atoms with Crippen molar-refractivity contribution in [3.05, 3.63) is 11.2 Å². The molecule has 0 saturated carbocycles. The van der Waals surface area contributed by atoms with Crippen LogP contribution in [0.2, 0.25) is 0 Å². The maximum atomic E-state index is 12.3. The molecule has 0 aromatic rings. The van der Waals surface area contributed by atoms with Crippen molar-refractivity contribution in [1.29, 1.82) is 0 Å². The molecule has 2 heterocycles. The molecule has 0 aromatic heterocycles. The van der Waals surface area contributed by atoms with Gasteiger partial charge in [0.1, 0.15) is 5.60 Å². The van der Waals surface area contributed by atoms with Crippen LogP contribution in [-0.2, 0) is 14.0 Å². The molecule has 0 radical (unpaired) electrons. The predicted molar refractivity (Wildman–Crippen MR) is 86.3 cm³/mol. The summed E-state index contributed by atoms with van der Waals surface area (Å²) < 4.78 is 17.6. The van der Waals surface area contributed by atoms with Crippen LogP contribution in [0.5, 0.6) is 0 Å². The number of hydrogen-bond donors (Lipinski definition) is 0. The van der Waals surface area contributed by atoms with Gasteiger partial charge in [-0.2, -0.15) is 0 Å². The van der Waals surface area contributed by atoms with E-state index in [1.807, 2.05) is 55.4 Å². The maximum absolute atomic E-state index is 12.3. The van der Waals surface area contributed by atoms with Crippen LogP contribution >= 0.6 is 0 Å². The zero-order valence-electron chi connectivity index (χ0n) is 15.1. The van der Waals surface area contributed by atoms with Crippen molar-refractivity contribution in [2.24, 2.45) is 0 Å². The third kappa shape index (κ3) is 3.18. The average Bonchev–Trinajstić information content (AvgIpc) is 2.75. The first kappa shape index (κ1) is 17.4. The van der Waals surface area contributed by atoms with Crippen LogP contribution in [-0.4, -0.2) is 41.5 Å². The number of nitrogens with zero attached hydrogens (tertiary/aromatic N) is 1. The van der Waals surface area contributed by atoms with Crippen LogP contribution in [0.4, 0.5) is 4.79 Å². The van der Waals surface area contributed by atoms with Gasteiger partial charge in [-0.25, -0.2) is 4.79 Å². The average molecular weight is 309 g/mol. The first-order valence-electron chi connectivity index (χ1n) is 7.90. The minimum atomic E-state index is -0.496. The molecule has 1 saturated heterocycles. The van der Waals surface area contributed by atoms with Crippen LogP contribution in [0.15, 0.2) is 11.2 Å². The van der Waals surface area contributed by atoms with Crippen molar-refractivity contribution in [3.8, 4) is 0 Å². The summed E-state index contributed by atoms with van der Waals surface area (Å²) in [7, 11) is -0.391. The van der Waals surface area contributed by atoms with Gasteiger partial charge >= 0.3 is 13.2 Å². The summed E-state index contributed by atoms with van der Waals surface area (Å²) in [4.78, 5) is 13.9. The topological polar surface area (TPSA) is 48.0 Å². The molecular weight excluding hydrogens is 281 g/mol. The van der Waals surface area contributed by atoms with Gasteiger partial charge in [0.05, 0.1) is 11.2 Å². The van der Waals surface area contributed by atoms with Gasteiger partial charge in [-0.15, -0.1) is 0 Å². The minimum absolute atomic E-state index is 0.309. The van der Waals surface area contributed by atoms with Gasteiger partial charge in [-0.3, -0.25) is 4.90 Å². The Kier molecular flexibility index (Phi) is 4.16. The highest BCUT2D eigenvalue weighted by atomic mass is 16.7. The Bertz CT molecular complexity index is 489. The molecule has 0 aromatic carbocycles. The molecule has 1 fully saturated rings. The van der Waals surface area contributed by atoms with Crippen molar-refractivity contribution in [3.63, 3.8) is 0 Å². The predicted octanol–water partition coefficient (Wildman–Crippen LogP) is 3.53. The van der Waals surface area contributed by atoms with Gasteiger partial charge in [0.15, 0.2) is 0 Å². The lowest BCUT2D eigenvalue weighted by Crippen LogP contribution is -2.41. The van der Waals surface area contributed by atoms with Crippen molar-refractivity contribution in [1.82, 2.24) is 4.90 Å². The highest BCUT2D eigenvalue weighted by Crippen LogP contribution is 2.41. The molecule has 0 N–H and O–H groups in total. The minimum Gasteiger partial charge on any atom is -0.443 e. The Morgan fingerprint density at radius 1 is 1.18 bits per heavy atom. The number of ether oxygens (including phenoxy) is 1. The number of hydrogen-bond acceptors (Lipinski definition) is 4. The fourth-order valence-corrected chi connectivity index (χ4v) is 2.57. The van der Waals surface area contributed by atoms with Gasteiger partial charge in [-0.05, 0) is 67.3 Å². The van der Waals surface area contributed by atoms with Gasteiger partial charge in [0.2, 0.25) is 0 Å². The Balaban J connectivity index is 2.15. The Hall–Kier alpha value is -1.01. The molecule has 2 aliphatic rings. The number of carbonyl (C=O) groups is 1. The molecule has 0 bridgehead atoms. The molecule has 5 nitrogen and oxygen atoms in total. The Labute approximate surface area is 134 Å². The van der Waals surface area contributed by atoms with Gasteiger partial charge < -0.3 is 14.0 Å². The third-order valence-electron chi connectivity index (χ3n) is 4.63. The van der Waals surface area contributed by atoms with E-state index in [0.717, 1.165) is 17.6 Å². The fraction of sp³-hybridized carbons (Fsp3) is 0.812. The second kappa shape index (κ2) is 5.27. The zero-order chi connectivity index (χ0) is 16.9. The lowest BCUT2D eigenvalue weighted by molar-refractivity contribution is 0.00578. The van der Waals surface area contributed by atoms with Crippen molar-refractivity contribution in [2.45, 2.75) is 78.6 Å². The molecule has 124 valence electrons. The Morgan fingerprint density at radius 2 is 1.68 bits per heavy atom. The smallest absolute Gasteiger partial charge is 0.443 e. The maximum Gasteiger partial charge on any atom is 0.492 e. The summed E-state index contributed by atoms with van der Waals surface area (Å²) in [6.45, 7) is 16.3. The fourth-order valence-electron chi connectivity index (χ4n) is 2.57. The molecule has 2 aliphatic heterocycles. The molecule has 22 heavy (non-hydrogen) atoms. The summed E-state index contributed by atoms with van der Waals surface area (Å²) >= 11 is 0. The van der Waals surface area contributed by atoms with Gasteiger partial charge in [0.25, 0.3) is 0 Å². The standard InChI is InChI=1S/C16H28BNO4/c1-11-12(17-21-15(5,6)16(7,8)22-17)9-10-18(11)13(19)20-14(2,3)4/h9-10H2,1-8H3.